The van der Waals surface area contributed by atoms with E-state index in [1.165, 1.54) is 12.3 Å². The predicted octanol–water partition coefficient (Wildman–Crippen LogP) is 3.20. The van der Waals surface area contributed by atoms with Crippen molar-refractivity contribution in [2.45, 2.75) is 43.9 Å². The lowest BCUT2D eigenvalue weighted by Crippen LogP contribution is -2.41. The Hall–Kier alpha value is -1.89. The molecule has 2 aromatic heterocycles. The Balaban J connectivity index is 1.98. The van der Waals surface area contributed by atoms with Crippen LogP contribution in [0.1, 0.15) is 42.8 Å². The molecule has 0 spiro atoms. The number of rotatable bonds is 1. The number of halogens is 3. The molecule has 1 aliphatic rings. The highest BCUT2D eigenvalue weighted by Crippen LogP contribution is 2.45. The average Bonchev–Trinajstić information content (AvgIpc) is 2.86. The topological polar surface area (TPSA) is 59.2 Å². The Kier molecular flexibility index (Phi) is 3.11. The van der Waals surface area contributed by atoms with Crippen molar-refractivity contribution in [1.29, 1.82) is 0 Å². The fourth-order valence-electron chi connectivity index (χ4n) is 3.15. The Bertz CT molecular complexity index is 692. The molecule has 0 saturated heterocycles. The van der Waals surface area contributed by atoms with Gasteiger partial charge >= 0.3 is 6.18 Å². The minimum atomic E-state index is -4.44. The van der Waals surface area contributed by atoms with Gasteiger partial charge in [-0.1, -0.05) is 19.0 Å². The van der Waals surface area contributed by atoms with Gasteiger partial charge in [-0.25, -0.2) is 0 Å². The molecule has 4 nitrogen and oxygen atoms in total. The van der Waals surface area contributed by atoms with Crippen molar-refractivity contribution in [2.75, 3.05) is 0 Å². The van der Waals surface area contributed by atoms with Crippen LogP contribution in [0.5, 0.6) is 0 Å². The first-order valence-corrected chi connectivity index (χ1v) is 6.82. The molecular weight excluding hydrogens is 297 g/mol. The molecule has 1 atom stereocenters. The molecule has 0 fully saturated rings. The third kappa shape index (κ3) is 2.39. The summed E-state index contributed by atoms with van der Waals surface area (Å²) in [6.45, 7) is 3.79. The lowest BCUT2D eigenvalue weighted by molar-refractivity contribution is -0.138. The van der Waals surface area contributed by atoms with Crippen molar-refractivity contribution < 1.29 is 22.8 Å². The molecule has 0 saturated carbocycles. The molecule has 0 amide bonds. The number of nitrogens with zero attached hydrogens (tertiary/aromatic N) is 2. The Morgan fingerprint density at radius 2 is 1.95 bits per heavy atom. The monoisotopic (exact) mass is 312 g/mol. The van der Waals surface area contributed by atoms with E-state index < -0.39 is 22.8 Å². The largest absolute Gasteiger partial charge is 0.417 e. The molecule has 118 valence electrons. The smallest absolute Gasteiger partial charge is 0.383 e. The van der Waals surface area contributed by atoms with Gasteiger partial charge < -0.3 is 9.63 Å². The van der Waals surface area contributed by atoms with E-state index in [0.717, 1.165) is 17.8 Å². The first kappa shape index (κ1) is 15.0. The summed E-state index contributed by atoms with van der Waals surface area (Å²) < 4.78 is 43.1. The summed E-state index contributed by atoms with van der Waals surface area (Å²) in [5.74, 6) is 0.698. The van der Waals surface area contributed by atoms with Gasteiger partial charge in [0, 0.05) is 23.6 Å². The van der Waals surface area contributed by atoms with E-state index in [4.69, 9.17) is 4.52 Å². The van der Waals surface area contributed by atoms with Crippen LogP contribution in [0.25, 0.3) is 0 Å². The number of alkyl halides is 3. The molecule has 0 radical (unpaired) electrons. The normalized spacial score (nSPS) is 24.1. The maximum atomic E-state index is 12.6. The van der Waals surface area contributed by atoms with E-state index in [1.54, 1.807) is 0 Å². The van der Waals surface area contributed by atoms with Crippen LogP contribution in [-0.2, 0) is 23.6 Å². The highest BCUT2D eigenvalue weighted by Gasteiger charge is 2.46. The van der Waals surface area contributed by atoms with Crippen molar-refractivity contribution >= 4 is 0 Å². The highest BCUT2D eigenvalue weighted by atomic mass is 19.4. The molecule has 0 aliphatic heterocycles. The molecule has 1 unspecified atom stereocenters. The number of hydrogen-bond donors (Lipinski definition) is 1. The molecule has 2 heterocycles. The summed E-state index contributed by atoms with van der Waals surface area (Å²) >= 11 is 0. The zero-order valence-corrected chi connectivity index (χ0v) is 12.1. The van der Waals surface area contributed by atoms with E-state index in [0.29, 0.717) is 12.2 Å². The average molecular weight is 312 g/mol. The molecule has 7 heteroatoms. The fourth-order valence-corrected chi connectivity index (χ4v) is 3.15. The third-order valence-corrected chi connectivity index (χ3v) is 4.04. The molecule has 22 heavy (non-hydrogen) atoms. The molecule has 3 rings (SSSR count). The first-order chi connectivity index (χ1) is 10.1. The molecule has 0 bridgehead atoms. The number of aromatic nitrogens is 2. The summed E-state index contributed by atoms with van der Waals surface area (Å²) in [6, 6.07) is 2.17. The number of hydrogen-bond acceptors (Lipinski definition) is 4. The van der Waals surface area contributed by atoms with Gasteiger partial charge in [-0.2, -0.15) is 13.2 Å². The minimum Gasteiger partial charge on any atom is -0.383 e. The van der Waals surface area contributed by atoms with E-state index >= 15 is 0 Å². The Labute approximate surface area is 125 Å². The van der Waals surface area contributed by atoms with Crippen molar-refractivity contribution in [3.8, 4) is 0 Å². The summed E-state index contributed by atoms with van der Waals surface area (Å²) in [4.78, 5) is 3.84. The second-order valence-electron chi connectivity index (χ2n) is 6.38. The fraction of sp³-hybridized carbons (Fsp3) is 0.467. The quantitative estimate of drug-likeness (QED) is 0.878. The van der Waals surface area contributed by atoms with Crippen LogP contribution in [0.15, 0.2) is 29.0 Å². The van der Waals surface area contributed by atoms with Crippen molar-refractivity contribution in [1.82, 2.24) is 10.1 Å². The molecule has 0 aromatic carbocycles. The van der Waals surface area contributed by atoms with Crippen LogP contribution in [0.4, 0.5) is 13.2 Å². The summed E-state index contributed by atoms with van der Waals surface area (Å²) in [5.41, 5.74) is -1.68. The van der Waals surface area contributed by atoms with Crippen molar-refractivity contribution in [3.63, 3.8) is 0 Å². The van der Waals surface area contributed by atoms with Crippen molar-refractivity contribution in [2.24, 2.45) is 0 Å². The van der Waals surface area contributed by atoms with Crippen molar-refractivity contribution in [3.05, 3.63) is 47.1 Å². The zero-order chi connectivity index (χ0) is 16.2. The lowest BCUT2D eigenvalue weighted by Gasteiger charge is -2.39. The predicted molar refractivity (Wildman–Crippen MR) is 71.0 cm³/mol. The third-order valence-electron chi connectivity index (χ3n) is 4.04. The second kappa shape index (κ2) is 4.55. The van der Waals surface area contributed by atoms with Crippen LogP contribution >= 0.6 is 0 Å². The van der Waals surface area contributed by atoms with Crippen LogP contribution < -0.4 is 0 Å². The number of pyridine rings is 1. The van der Waals surface area contributed by atoms with Gasteiger partial charge in [-0.15, -0.1) is 0 Å². The second-order valence-corrected chi connectivity index (χ2v) is 6.38. The van der Waals surface area contributed by atoms with Crippen LogP contribution in [-0.4, -0.2) is 15.2 Å². The zero-order valence-electron chi connectivity index (χ0n) is 12.1. The number of aliphatic hydroxyl groups is 1. The summed E-state index contributed by atoms with van der Waals surface area (Å²) in [7, 11) is 0. The number of fused-ring (bicyclic) bond motifs is 1. The van der Waals surface area contributed by atoms with Gasteiger partial charge in [-0.05, 0) is 18.6 Å². The molecule has 1 aliphatic carbocycles. The highest BCUT2D eigenvalue weighted by molar-refractivity contribution is 5.33. The summed E-state index contributed by atoms with van der Waals surface area (Å²) in [6.07, 6.45) is -1.65. The van der Waals surface area contributed by atoms with Gasteiger partial charge in [0.25, 0.3) is 0 Å². The molecule has 2 aromatic rings. The Morgan fingerprint density at radius 3 is 2.55 bits per heavy atom. The van der Waals surface area contributed by atoms with Gasteiger partial charge in [-0.3, -0.25) is 4.98 Å². The van der Waals surface area contributed by atoms with Gasteiger partial charge in [0.05, 0.1) is 17.5 Å². The van der Waals surface area contributed by atoms with Gasteiger partial charge in [0.2, 0.25) is 0 Å². The van der Waals surface area contributed by atoms with Crippen LogP contribution in [0, 0.1) is 0 Å². The maximum Gasteiger partial charge on any atom is 0.417 e. The van der Waals surface area contributed by atoms with Crippen LogP contribution in [0.3, 0.4) is 0 Å². The van der Waals surface area contributed by atoms with E-state index in [1.807, 2.05) is 13.8 Å². The lowest BCUT2D eigenvalue weighted by atomic mass is 9.68. The van der Waals surface area contributed by atoms with E-state index in [-0.39, 0.29) is 12.1 Å². The van der Waals surface area contributed by atoms with E-state index in [9.17, 15) is 18.3 Å². The first-order valence-electron chi connectivity index (χ1n) is 6.82. The summed E-state index contributed by atoms with van der Waals surface area (Å²) in [5, 5.41) is 14.7. The molecular formula is C15H15F3N2O2. The van der Waals surface area contributed by atoms with Gasteiger partial charge in [0.15, 0.2) is 0 Å². The standard InChI is InChI=1S/C15H15F3N2O2/c1-13(2)8-14(21,5-9-6-20-22-12(9)13)11-4-3-10(7-19-11)15(16,17)18/h3-4,6-7,21H,5,8H2,1-2H3. The SMILES string of the molecule is CC1(C)CC(O)(c2ccc(C(F)(F)F)cn2)Cc2cnoc21. The van der Waals surface area contributed by atoms with Crippen LogP contribution in [0.2, 0.25) is 0 Å². The minimum absolute atomic E-state index is 0.216. The molecule has 1 N–H and O–H groups in total. The van der Waals surface area contributed by atoms with Gasteiger partial charge in [0.1, 0.15) is 11.4 Å². The van der Waals surface area contributed by atoms with E-state index in [2.05, 4.69) is 10.1 Å². The Morgan fingerprint density at radius 1 is 1.23 bits per heavy atom. The maximum absolute atomic E-state index is 12.6.